The average Bonchev–Trinajstić information content (AvgIpc) is 3.66. The number of fused-ring (bicyclic) bond motifs is 5. The monoisotopic (exact) mass is 819 g/mol. The summed E-state index contributed by atoms with van der Waals surface area (Å²) >= 11 is 0. The molecular formula is C45H61N3O7S2. The van der Waals surface area contributed by atoms with Gasteiger partial charge in [-0.05, 0) is 104 Å². The molecule has 10 nitrogen and oxygen atoms in total. The Morgan fingerprint density at radius 2 is 1.86 bits per heavy atom. The van der Waals surface area contributed by atoms with Crippen molar-refractivity contribution in [2.75, 3.05) is 31.3 Å². The number of hydrogen-bond donors (Lipinski definition) is 9. The first-order valence-corrected chi connectivity index (χ1v) is 23.5. The number of phenolic OH excluding ortho intramolecular Hbond substituents is 1. The lowest BCUT2D eigenvalue weighted by Gasteiger charge is -2.36. The zero-order chi connectivity index (χ0) is 40.1. The lowest BCUT2D eigenvalue weighted by Crippen LogP contribution is -2.42. The number of nitrogens with one attached hydrogen (secondary N) is 2. The van der Waals surface area contributed by atoms with Crippen LogP contribution in [0.15, 0.2) is 65.2 Å². The summed E-state index contributed by atoms with van der Waals surface area (Å²) in [5.74, 6) is 7.77. The van der Waals surface area contributed by atoms with Crippen molar-refractivity contribution < 1.29 is 35.4 Å². The Labute approximate surface area is 345 Å². The Kier molecular flexibility index (Phi) is 14.3. The summed E-state index contributed by atoms with van der Waals surface area (Å²) in [5.41, 5.74) is 13.0. The number of phenols is 1. The molecule has 3 heterocycles. The van der Waals surface area contributed by atoms with Crippen molar-refractivity contribution >= 4 is 21.6 Å². The number of allylic oxidation sites excluding steroid dienone is 3. The highest BCUT2D eigenvalue weighted by Crippen LogP contribution is 2.51. The molecule has 310 valence electrons. The van der Waals surface area contributed by atoms with Crippen LogP contribution in [-0.2, 0) is 12.8 Å². The van der Waals surface area contributed by atoms with Crippen LogP contribution in [0.1, 0.15) is 81.0 Å². The molecular weight excluding hydrogens is 759 g/mol. The summed E-state index contributed by atoms with van der Waals surface area (Å²) in [4.78, 5) is 3.35. The lowest BCUT2D eigenvalue weighted by atomic mass is 9.70. The Bertz CT molecular complexity index is 1840. The summed E-state index contributed by atoms with van der Waals surface area (Å²) < 4.78 is 6.83. The van der Waals surface area contributed by atoms with E-state index >= 15 is 0 Å². The number of aliphatic hydroxyl groups is 5. The minimum absolute atomic E-state index is 0.00520. The van der Waals surface area contributed by atoms with Crippen molar-refractivity contribution in [1.82, 2.24) is 10.3 Å². The molecule has 10 N–H and O–H groups in total. The fourth-order valence-corrected chi connectivity index (χ4v) is 12.5. The Hall–Kier alpha value is -3.02. The molecule has 3 aliphatic carbocycles. The third kappa shape index (κ3) is 9.57. The van der Waals surface area contributed by atoms with Gasteiger partial charge < -0.3 is 51.4 Å². The second-order valence-electron chi connectivity index (χ2n) is 16.7. The first-order valence-electron chi connectivity index (χ1n) is 21.0. The number of dihydropyridines is 1. The number of H-pyrrole nitrogens is 1. The quantitative estimate of drug-likeness (QED) is 0.0957. The van der Waals surface area contributed by atoms with Gasteiger partial charge in [-0.1, -0.05) is 70.9 Å². The maximum absolute atomic E-state index is 12.1. The fraction of sp³-hybridized carbons (Fsp3) is 0.600. The van der Waals surface area contributed by atoms with Gasteiger partial charge >= 0.3 is 0 Å². The standard InChI is InChI=1S/C45H61N3O7S2/c1-2-27-16-29-19-39(52)41(22-35(29)36-21-40(53)43-28(18-34(27)36)10-9-26(12-15-49)6-3-4-8-38(43)51)55-42-20-30(17-32-7-5-13-47-32)33-11-14-48-45(46)37(33)25-57-56-24-31(23-50)44(42)54/h5,7,11,13,18-19,22,26-28,30-31,36,38,40,42-44,47-54H,2-4,6,8,12,14-17,20-21,23-25,46H2,1H3. The van der Waals surface area contributed by atoms with Gasteiger partial charge in [0.1, 0.15) is 11.9 Å². The molecule has 0 saturated carbocycles. The first kappa shape index (κ1) is 42.1. The van der Waals surface area contributed by atoms with Crippen molar-refractivity contribution in [3.05, 3.63) is 82.0 Å². The van der Waals surface area contributed by atoms with Crippen LogP contribution in [0, 0.1) is 47.3 Å². The second-order valence-corrected chi connectivity index (χ2v) is 19.2. The van der Waals surface area contributed by atoms with Gasteiger partial charge in [-0.2, -0.15) is 0 Å². The molecule has 1 aromatic carbocycles. The largest absolute Gasteiger partial charge is 0.504 e. The second kappa shape index (κ2) is 19.4. The molecule has 12 heteroatoms. The van der Waals surface area contributed by atoms with E-state index in [0.717, 1.165) is 53.7 Å². The zero-order valence-electron chi connectivity index (χ0n) is 33.0. The Morgan fingerprint density at radius 3 is 2.63 bits per heavy atom. The van der Waals surface area contributed by atoms with Crippen LogP contribution < -0.4 is 15.8 Å². The van der Waals surface area contributed by atoms with Gasteiger partial charge in [-0.15, -0.1) is 0 Å². The number of benzene rings is 1. The number of aliphatic hydroxyl groups excluding tert-OH is 5. The molecule has 0 amide bonds. The molecule has 5 aliphatic rings. The zero-order valence-corrected chi connectivity index (χ0v) is 34.6. The molecule has 0 spiro atoms. The van der Waals surface area contributed by atoms with Crippen LogP contribution in [0.2, 0.25) is 0 Å². The summed E-state index contributed by atoms with van der Waals surface area (Å²) in [6.45, 7) is 2.63. The summed E-state index contributed by atoms with van der Waals surface area (Å²) in [5, 5.41) is 70.9. The molecule has 7 rings (SSSR count). The van der Waals surface area contributed by atoms with E-state index in [9.17, 15) is 30.6 Å². The first-order chi connectivity index (χ1) is 27.7. The van der Waals surface area contributed by atoms with Gasteiger partial charge in [0.05, 0.1) is 18.3 Å². The molecule has 11 unspecified atom stereocenters. The van der Waals surface area contributed by atoms with E-state index in [2.05, 4.69) is 47.3 Å². The molecule has 57 heavy (non-hydrogen) atoms. The van der Waals surface area contributed by atoms with E-state index in [1.165, 1.54) is 5.57 Å². The maximum atomic E-state index is 12.1. The van der Waals surface area contributed by atoms with Crippen molar-refractivity contribution in [2.24, 2.45) is 41.2 Å². The Morgan fingerprint density at radius 1 is 1.02 bits per heavy atom. The van der Waals surface area contributed by atoms with Crippen LogP contribution in [0.25, 0.3) is 0 Å². The smallest absolute Gasteiger partial charge is 0.161 e. The van der Waals surface area contributed by atoms with Gasteiger partial charge in [-0.3, -0.25) is 0 Å². The number of aromatic hydroxyl groups is 1. The highest BCUT2D eigenvalue weighted by Gasteiger charge is 2.43. The third-order valence-corrected chi connectivity index (χ3v) is 15.5. The predicted molar refractivity (Wildman–Crippen MR) is 227 cm³/mol. The number of hydrogen-bond acceptors (Lipinski definition) is 11. The molecule has 1 saturated heterocycles. The number of nitrogens with two attached hydrogens (primary N) is 1. The molecule has 11 atom stereocenters. The molecule has 2 aliphatic heterocycles. The van der Waals surface area contributed by atoms with Crippen LogP contribution >= 0.6 is 21.6 Å². The summed E-state index contributed by atoms with van der Waals surface area (Å²) in [6, 6.07) is 7.74. The lowest BCUT2D eigenvalue weighted by molar-refractivity contribution is -0.0214. The summed E-state index contributed by atoms with van der Waals surface area (Å²) in [6.07, 6.45) is 9.91. The number of aromatic nitrogens is 1. The minimum atomic E-state index is -1.03. The van der Waals surface area contributed by atoms with Crippen molar-refractivity contribution in [3.63, 3.8) is 0 Å². The van der Waals surface area contributed by atoms with Crippen LogP contribution in [-0.4, -0.2) is 91.3 Å². The fourth-order valence-electron chi connectivity index (χ4n) is 9.96. The number of rotatable bonds is 8. The van der Waals surface area contributed by atoms with E-state index in [1.807, 2.05) is 18.3 Å². The van der Waals surface area contributed by atoms with E-state index in [1.54, 1.807) is 27.7 Å². The van der Waals surface area contributed by atoms with E-state index < -0.39 is 36.3 Å². The summed E-state index contributed by atoms with van der Waals surface area (Å²) in [7, 11) is 3.26. The highest BCUT2D eigenvalue weighted by molar-refractivity contribution is 8.76. The topological polar surface area (TPSA) is 184 Å². The SMILES string of the molecule is CCC1Cc2cc(O)c(OC3CC(Cc4ccc[nH]4)C4=CCNC(N)=C4CSSCC(CO)C3O)cc2C2CC(O)C3C(C#CC(CCO)CCCCC3O)C=C12. The van der Waals surface area contributed by atoms with Crippen LogP contribution in [0.4, 0.5) is 0 Å². The van der Waals surface area contributed by atoms with Gasteiger partial charge in [0.15, 0.2) is 11.5 Å². The molecule has 2 aromatic rings. The van der Waals surface area contributed by atoms with Crippen molar-refractivity contribution in [1.29, 1.82) is 0 Å². The van der Waals surface area contributed by atoms with Crippen molar-refractivity contribution in [3.8, 4) is 23.3 Å². The highest BCUT2D eigenvalue weighted by atomic mass is 33.1. The number of aromatic amines is 1. The average molecular weight is 820 g/mol. The molecule has 1 aromatic heterocycles. The third-order valence-electron chi connectivity index (χ3n) is 13.1. The van der Waals surface area contributed by atoms with Gasteiger partial charge in [0, 0.05) is 78.3 Å². The van der Waals surface area contributed by atoms with Crippen molar-refractivity contribution in [2.45, 2.75) is 101 Å². The van der Waals surface area contributed by atoms with Gasteiger partial charge in [0.25, 0.3) is 0 Å². The van der Waals surface area contributed by atoms with Gasteiger partial charge in [-0.25, -0.2) is 0 Å². The Balaban J connectivity index is 1.27. The molecule has 0 bridgehead atoms. The normalized spacial score (nSPS) is 33.5. The van der Waals surface area contributed by atoms with E-state index in [4.69, 9.17) is 10.5 Å². The van der Waals surface area contributed by atoms with Gasteiger partial charge in [0.2, 0.25) is 0 Å². The van der Waals surface area contributed by atoms with Crippen LogP contribution in [0.5, 0.6) is 11.5 Å². The van der Waals surface area contributed by atoms with Crippen LogP contribution in [0.3, 0.4) is 0 Å². The predicted octanol–water partition coefficient (Wildman–Crippen LogP) is 5.31. The van der Waals surface area contributed by atoms with E-state index in [-0.39, 0.29) is 54.3 Å². The minimum Gasteiger partial charge on any atom is -0.504 e. The maximum Gasteiger partial charge on any atom is 0.161 e. The van der Waals surface area contributed by atoms with E-state index in [0.29, 0.717) is 62.4 Å². The molecule has 0 radical (unpaired) electrons. The molecule has 1 fully saturated rings. The number of ether oxygens (including phenoxy) is 1.